The highest BCUT2D eigenvalue weighted by Crippen LogP contribution is 2.09. The van der Waals surface area contributed by atoms with Crippen molar-refractivity contribution in [2.75, 3.05) is 6.61 Å². The van der Waals surface area contributed by atoms with Crippen molar-refractivity contribution < 1.29 is 18.7 Å². The van der Waals surface area contributed by atoms with E-state index in [0.717, 1.165) is 12.3 Å². The van der Waals surface area contributed by atoms with Gasteiger partial charge in [-0.05, 0) is 12.5 Å². The van der Waals surface area contributed by atoms with Gasteiger partial charge in [-0.25, -0.2) is 9.37 Å². The van der Waals surface area contributed by atoms with Crippen LogP contribution in [-0.2, 0) is 0 Å². The van der Waals surface area contributed by atoms with Gasteiger partial charge in [-0.1, -0.05) is 6.92 Å². The maximum Gasteiger partial charge on any atom is 0.254 e. The number of hydrogen-bond donors (Lipinski definition) is 2. The van der Waals surface area contributed by atoms with Gasteiger partial charge in [-0.15, -0.1) is 0 Å². The summed E-state index contributed by atoms with van der Waals surface area (Å²) in [6.07, 6.45) is 1.50. The van der Waals surface area contributed by atoms with Crippen LogP contribution in [0.2, 0.25) is 0 Å². The van der Waals surface area contributed by atoms with Crippen LogP contribution < -0.4 is 5.32 Å². The molecule has 1 aromatic heterocycles. The average Bonchev–Trinajstić information content (AvgIpc) is 2.29. The molecule has 88 valence electrons. The summed E-state index contributed by atoms with van der Waals surface area (Å²) in [6, 6.07) is 0.612. The van der Waals surface area contributed by atoms with Crippen LogP contribution in [0.5, 0.6) is 0 Å². The van der Waals surface area contributed by atoms with Crippen LogP contribution in [0.1, 0.15) is 23.7 Å². The summed E-state index contributed by atoms with van der Waals surface area (Å²) < 4.78 is 25.9. The lowest BCUT2D eigenvalue weighted by atomic mass is 10.2. The number of carbonyl (C=O) groups is 1. The van der Waals surface area contributed by atoms with Gasteiger partial charge >= 0.3 is 0 Å². The smallest absolute Gasteiger partial charge is 0.254 e. The number of halogens is 2. The van der Waals surface area contributed by atoms with Gasteiger partial charge in [0.05, 0.1) is 18.2 Å². The maximum absolute atomic E-state index is 13.1. The molecule has 0 saturated heterocycles. The molecule has 0 aromatic carbocycles. The summed E-state index contributed by atoms with van der Waals surface area (Å²) in [4.78, 5) is 14.6. The van der Waals surface area contributed by atoms with E-state index in [1.54, 1.807) is 6.92 Å². The number of carbonyl (C=O) groups excluding carboxylic acids is 1. The first-order valence-corrected chi connectivity index (χ1v) is 4.81. The second-order valence-electron chi connectivity index (χ2n) is 3.22. The number of hydrogen-bond acceptors (Lipinski definition) is 3. The fraction of sp³-hybridized carbons (Fsp3) is 0.400. The minimum atomic E-state index is -1.32. The Hall–Kier alpha value is -1.56. The molecule has 1 atom stereocenters. The van der Waals surface area contributed by atoms with E-state index in [1.807, 2.05) is 0 Å². The summed E-state index contributed by atoms with van der Waals surface area (Å²) in [5, 5.41) is 11.2. The average molecular weight is 230 g/mol. The van der Waals surface area contributed by atoms with Gasteiger partial charge in [0.15, 0.2) is 5.82 Å². The Labute approximate surface area is 91.3 Å². The molecule has 0 fully saturated rings. The van der Waals surface area contributed by atoms with E-state index in [9.17, 15) is 13.6 Å². The Balaban J connectivity index is 2.84. The Morgan fingerprint density at radius 1 is 1.62 bits per heavy atom. The Morgan fingerprint density at radius 2 is 2.31 bits per heavy atom. The van der Waals surface area contributed by atoms with Crippen molar-refractivity contribution in [1.82, 2.24) is 10.3 Å². The molecule has 0 saturated carbocycles. The Kier molecular flexibility index (Phi) is 4.30. The molecule has 0 aliphatic rings. The van der Waals surface area contributed by atoms with Gasteiger partial charge in [0, 0.05) is 6.20 Å². The zero-order valence-corrected chi connectivity index (χ0v) is 8.70. The molecule has 6 heteroatoms. The molecule has 1 heterocycles. The third-order valence-corrected chi connectivity index (χ3v) is 2.14. The Morgan fingerprint density at radius 3 is 2.88 bits per heavy atom. The highest BCUT2D eigenvalue weighted by Gasteiger charge is 2.18. The van der Waals surface area contributed by atoms with E-state index in [1.165, 1.54) is 0 Å². The van der Waals surface area contributed by atoms with E-state index in [-0.39, 0.29) is 6.61 Å². The van der Waals surface area contributed by atoms with E-state index in [0.29, 0.717) is 6.42 Å². The van der Waals surface area contributed by atoms with Crippen LogP contribution in [0.15, 0.2) is 12.3 Å². The Bertz CT molecular complexity index is 381. The van der Waals surface area contributed by atoms with Crippen molar-refractivity contribution in [3.8, 4) is 0 Å². The second-order valence-corrected chi connectivity index (χ2v) is 3.22. The predicted molar refractivity (Wildman–Crippen MR) is 52.8 cm³/mol. The number of rotatable bonds is 4. The molecule has 1 amide bonds. The SMILES string of the molecule is CC[C@H](CO)NC(=O)c1ccnc(F)c1F. The van der Waals surface area contributed by atoms with Crippen LogP contribution in [0.4, 0.5) is 8.78 Å². The van der Waals surface area contributed by atoms with Gasteiger partial charge < -0.3 is 10.4 Å². The van der Waals surface area contributed by atoms with E-state index < -0.39 is 29.3 Å². The van der Waals surface area contributed by atoms with E-state index in [2.05, 4.69) is 10.3 Å². The molecule has 0 unspecified atom stereocenters. The van der Waals surface area contributed by atoms with Crippen molar-refractivity contribution in [2.45, 2.75) is 19.4 Å². The van der Waals surface area contributed by atoms with Crippen LogP contribution in [0.25, 0.3) is 0 Å². The predicted octanol–water partition coefficient (Wildman–Crippen LogP) is 0.861. The largest absolute Gasteiger partial charge is 0.394 e. The molecule has 0 aliphatic heterocycles. The number of nitrogens with one attached hydrogen (secondary N) is 1. The minimum Gasteiger partial charge on any atom is -0.394 e. The number of nitrogens with zero attached hydrogens (tertiary/aromatic N) is 1. The van der Waals surface area contributed by atoms with Gasteiger partial charge in [0.1, 0.15) is 0 Å². The van der Waals surface area contributed by atoms with E-state index in [4.69, 9.17) is 5.11 Å². The van der Waals surface area contributed by atoms with Crippen molar-refractivity contribution in [3.63, 3.8) is 0 Å². The van der Waals surface area contributed by atoms with Gasteiger partial charge in [0.2, 0.25) is 5.95 Å². The van der Waals surface area contributed by atoms with Crippen molar-refractivity contribution in [3.05, 3.63) is 29.6 Å². The monoisotopic (exact) mass is 230 g/mol. The summed E-state index contributed by atoms with van der Waals surface area (Å²) in [5.74, 6) is -3.36. The number of amides is 1. The lowest BCUT2D eigenvalue weighted by molar-refractivity contribution is 0.0909. The lowest BCUT2D eigenvalue weighted by Gasteiger charge is -2.14. The number of aromatic nitrogens is 1. The highest BCUT2D eigenvalue weighted by atomic mass is 19.2. The van der Waals surface area contributed by atoms with Crippen LogP contribution in [0, 0.1) is 11.8 Å². The zero-order valence-electron chi connectivity index (χ0n) is 8.70. The van der Waals surface area contributed by atoms with Gasteiger partial charge in [-0.2, -0.15) is 4.39 Å². The van der Waals surface area contributed by atoms with Crippen molar-refractivity contribution in [2.24, 2.45) is 0 Å². The number of aliphatic hydroxyl groups excluding tert-OH is 1. The third-order valence-electron chi connectivity index (χ3n) is 2.14. The fourth-order valence-electron chi connectivity index (χ4n) is 1.13. The summed E-state index contributed by atoms with van der Waals surface area (Å²) in [5.41, 5.74) is -0.417. The molecule has 0 spiro atoms. The highest BCUT2D eigenvalue weighted by molar-refractivity contribution is 5.94. The second kappa shape index (κ2) is 5.50. The quantitative estimate of drug-likeness (QED) is 0.754. The summed E-state index contributed by atoms with van der Waals surface area (Å²) in [7, 11) is 0. The first kappa shape index (κ1) is 12.5. The summed E-state index contributed by atoms with van der Waals surface area (Å²) >= 11 is 0. The van der Waals surface area contributed by atoms with Gasteiger partial charge in [0.25, 0.3) is 5.91 Å². The van der Waals surface area contributed by atoms with Gasteiger partial charge in [-0.3, -0.25) is 4.79 Å². The first-order chi connectivity index (χ1) is 7.60. The minimum absolute atomic E-state index is 0.253. The molecule has 1 rings (SSSR count). The molecule has 16 heavy (non-hydrogen) atoms. The topological polar surface area (TPSA) is 62.2 Å². The zero-order chi connectivity index (χ0) is 12.1. The first-order valence-electron chi connectivity index (χ1n) is 4.81. The molecule has 0 radical (unpaired) electrons. The van der Waals surface area contributed by atoms with Crippen molar-refractivity contribution in [1.29, 1.82) is 0 Å². The van der Waals surface area contributed by atoms with Crippen molar-refractivity contribution >= 4 is 5.91 Å². The molecule has 4 nitrogen and oxygen atoms in total. The molecule has 0 bridgehead atoms. The fourth-order valence-corrected chi connectivity index (χ4v) is 1.13. The summed E-state index contributed by atoms with van der Waals surface area (Å²) in [6.45, 7) is 1.50. The maximum atomic E-state index is 13.1. The molecular formula is C10H12F2N2O2. The molecule has 0 aliphatic carbocycles. The standard InChI is InChI=1S/C10H12F2N2O2/c1-2-6(5-15)14-10(16)7-3-4-13-9(12)8(7)11/h3-4,6,15H,2,5H2,1H3,(H,14,16)/t6-/m1/s1. The third kappa shape index (κ3) is 2.73. The number of pyridine rings is 1. The van der Waals surface area contributed by atoms with Crippen LogP contribution in [-0.4, -0.2) is 28.6 Å². The van der Waals surface area contributed by atoms with Crippen LogP contribution in [0.3, 0.4) is 0 Å². The molecule has 2 N–H and O–H groups in total. The lowest BCUT2D eigenvalue weighted by Crippen LogP contribution is -2.37. The van der Waals surface area contributed by atoms with E-state index >= 15 is 0 Å². The molecule has 1 aromatic rings. The van der Waals surface area contributed by atoms with Crippen LogP contribution >= 0.6 is 0 Å². The number of aliphatic hydroxyl groups is 1. The molecular weight excluding hydrogens is 218 g/mol. The normalized spacial score (nSPS) is 12.2.